The zero-order valence-corrected chi connectivity index (χ0v) is 5.64. The Morgan fingerprint density at radius 3 is 3.27 bits per heavy atom. The molecule has 11 heavy (non-hydrogen) atoms. The van der Waals surface area contributed by atoms with Gasteiger partial charge in [-0.25, -0.2) is 4.98 Å². The lowest BCUT2D eigenvalue weighted by Crippen LogP contribution is -1.96. The van der Waals surface area contributed by atoms with Crippen LogP contribution >= 0.6 is 0 Å². The zero-order chi connectivity index (χ0) is 7.68. The topological polar surface area (TPSA) is 47.8 Å². The van der Waals surface area contributed by atoms with Gasteiger partial charge in [-0.3, -0.25) is 4.79 Å². The first kappa shape index (κ1) is 6.03. The zero-order valence-electron chi connectivity index (χ0n) is 5.64. The van der Waals surface area contributed by atoms with Gasteiger partial charge < -0.3 is 0 Å². The summed E-state index contributed by atoms with van der Waals surface area (Å²) in [6, 6.07) is 3.66. The molecule has 54 valence electrons. The predicted molar refractivity (Wildman–Crippen MR) is 39.7 cm³/mol. The van der Waals surface area contributed by atoms with Crippen LogP contribution in [0.4, 0.5) is 0 Å². The van der Waals surface area contributed by atoms with Gasteiger partial charge in [0, 0.05) is 11.6 Å². The van der Waals surface area contributed by atoms with E-state index in [2.05, 4.69) is 10.1 Å². The Bertz CT molecular complexity index is 393. The van der Waals surface area contributed by atoms with Crippen molar-refractivity contribution in [3.8, 4) is 0 Å². The second-order valence-corrected chi connectivity index (χ2v) is 2.11. The van der Waals surface area contributed by atoms with Crippen LogP contribution < -0.4 is 0 Å². The second-order valence-electron chi connectivity index (χ2n) is 2.11. The largest absolute Gasteiger partial charge is 0.276 e. The van der Waals surface area contributed by atoms with E-state index in [0.717, 1.165) is 5.39 Å². The maximum absolute atomic E-state index is 10.3. The van der Waals surface area contributed by atoms with Gasteiger partial charge in [0.2, 0.25) is 6.41 Å². The van der Waals surface area contributed by atoms with Crippen molar-refractivity contribution in [2.45, 2.75) is 0 Å². The molecule has 0 atom stereocenters. The fourth-order valence-electron chi connectivity index (χ4n) is 0.958. The molecule has 0 saturated carbocycles. The van der Waals surface area contributed by atoms with Gasteiger partial charge in [-0.15, -0.1) is 0 Å². The molecule has 0 N–H and O–H groups in total. The second kappa shape index (κ2) is 2.16. The average molecular weight is 147 g/mol. The summed E-state index contributed by atoms with van der Waals surface area (Å²) < 4.78 is 1.20. The number of fused-ring (bicyclic) bond motifs is 1. The summed E-state index contributed by atoms with van der Waals surface area (Å²) >= 11 is 0. The van der Waals surface area contributed by atoms with Gasteiger partial charge in [-0.1, -0.05) is 0 Å². The molecule has 4 nitrogen and oxygen atoms in total. The SMILES string of the molecule is O=Cn1ncc2cccnc21. The Balaban J connectivity index is 2.86. The molecule has 2 rings (SSSR count). The lowest BCUT2D eigenvalue weighted by molar-refractivity contribution is 0.542. The van der Waals surface area contributed by atoms with Crippen LogP contribution in [0.2, 0.25) is 0 Å². The fraction of sp³-hybridized carbons (Fsp3) is 0. The highest BCUT2D eigenvalue weighted by molar-refractivity contribution is 5.79. The molecule has 2 aromatic rings. The van der Waals surface area contributed by atoms with E-state index in [-0.39, 0.29) is 0 Å². The van der Waals surface area contributed by atoms with Gasteiger partial charge in [0.1, 0.15) is 0 Å². The van der Waals surface area contributed by atoms with Crippen LogP contribution in [-0.2, 0) is 4.79 Å². The van der Waals surface area contributed by atoms with E-state index in [1.165, 1.54) is 4.68 Å². The van der Waals surface area contributed by atoms with E-state index in [1.807, 2.05) is 6.07 Å². The maximum atomic E-state index is 10.3. The summed E-state index contributed by atoms with van der Waals surface area (Å²) in [7, 11) is 0. The van der Waals surface area contributed by atoms with Crippen molar-refractivity contribution in [2.75, 3.05) is 0 Å². The van der Waals surface area contributed by atoms with Gasteiger partial charge in [0.25, 0.3) is 0 Å². The van der Waals surface area contributed by atoms with E-state index < -0.39 is 0 Å². The van der Waals surface area contributed by atoms with Crippen LogP contribution in [0, 0.1) is 0 Å². The molecule has 0 unspecified atom stereocenters. The Hall–Kier alpha value is -1.71. The number of aromatic nitrogens is 3. The number of hydrogen-bond acceptors (Lipinski definition) is 3. The summed E-state index contributed by atoms with van der Waals surface area (Å²) in [4.78, 5) is 14.3. The van der Waals surface area contributed by atoms with Crippen molar-refractivity contribution >= 4 is 17.4 Å². The minimum Gasteiger partial charge on any atom is -0.276 e. The first-order valence-electron chi connectivity index (χ1n) is 3.15. The standard InChI is InChI=1S/C7H5N3O/c11-5-10-7-6(4-9-10)2-1-3-8-7/h1-5H. The summed E-state index contributed by atoms with van der Waals surface area (Å²) in [5, 5.41) is 4.67. The highest BCUT2D eigenvalue weighted by Gasteiger charge is 1.99. The number of nitrogens with zero attached hydrogens (tertiary/aromatic N) is 3. The highest BCUT2D eigenvalue weighted by Crippen LogP contribution is 2.06. The van der Waals surface area contributed by atoms with Gasteiger partial charge >= 0.3 is 0 Å². The molecule has 0 aliphatic carbocycles. The molecule has 0 radical (unpaired) electrons. The van der Waals surface area contributed by atoms with Crippen molar-refractivity contribution in [2.24, 2.45) is 0 Å². The Kier molecular flexibility index (Phi) is 1.18. The third kappa shape index (κ3) is 0.797. The van der Waals surface area contributed by atoms with Gasteiger partial charge in [-0.2, -0.15) is 9.78 Å². The normalized spacial score (nSPS) is 10.2. The van der Waals surface area contributed by atoms with E-state index in [1.54, 1.807) is 18.5 Å². The molecular formula is C7H5N3O. The number of carbonyl (C=O) groups is 1. The molecule has 0 aliphatic rings. The average Bonchev–Trinajstić information content (AvgIpc) is 2.47. The van der Waals surface area contributed by atoms with Crippen molar-refractivity contribution in [1.82, 2.24) is 14.8 Å². The van der Waals surface area contributed by atoms with Crippen LogP contribution in [-0.4, -0.2) is 21.2 Å². The lowest BCUT2D eigenvalue weighted by Gasteiger charge is -1.87. The quantitative estimate of drug-likeness (QED) is 0.551. The summed E-state index contributed by atoms with van der Waals surface area (Å²) in [5.41, 5.74) is 0.600. The third-order valence-electron chi connectivity index (χ3n) is 1.45. The molecule has 0 fully saturated rings. The predicted octanol–water partition coefficient (Wildman–Crippen LogP) is 0.470. The molecule has 0 amide bonds. The van der Waals surface area contributed by atoms with E-state index >= 15 is 0 Å². The minimum atomic E-state index is 0.600. The number of hydrogen-bond donors (Lipinski definition) is 0. The molecule has 0 spiro atoms. The van der Waals surface area contributed by atoms with Crippen LogP contribution in [0.1, 0.15) is 0 Å². The van der Waals surface area contributed by atoms with Crippen molar-refractivity contribution in [3.63, 3.8) is 0 Å². The monoisotopic (exact) mass is 147 g/mol. The van der Waals surface area contributed by atoms with Gasteiger partial charge in [0.15, 0.2) is 5.65 Å². The molecular weight excluding hydrogens is 142 g/mol. The molecule has 0 bridgehead atoms. The maximum Gasteiger partial charge on any atom is 0.236 e. The Morgan fingerprint density at radius 1 is 1.55 bits per heavy atom. The van der Waals surface area contributed by atoms with Crippen molar-refractivity contribution in [1.29, 1.82) is 0 Å². The van der Waals surface area contributed by atoms with Crippen LogP contribution in [0.3, 0.4) is 0 Å². The van der Waals surface area contributed by atoms with Crippen molar-refractivity contribution < 1.29 is 4.79 Å². The molecule has 0 saturated heterocycles. The summed E-state index contributed by atoms with van der Waals surface area (Å²) in [6.45, 7) is 0. The molecule has 4 heteroatoms. The van der Waals surface area contributed by atoms with E-state index in [4.69, 9.17) is 0 Å². The highest BCUT2D eigenvalue weighted by atomic mass is 16.1. The van der Waals surface area contributed by atoms with Gasteiger partial charge in [-0.05, 0) is 12.1 Å². The minimum absolute atomic E-state index is 0.600. The van der Waals surface area contributed by atoms with E-state index in [0.29, 0.717) is 12.1 Å². The number of carbonyl (C=O) groups excluding carboxylic acids is 1. The number of pyridine rings is 1. The molecule has 2 heterocycles. The van der Waals surface area contributed by atoms with Crippen LogP contribution in [0.15, 0.2) is 24.5 Å². The fourth-order valence-corrected chi connectivity index (χ4v) is 0.958. The summed E-state index contributed by atoms with van der Waals surface area (Å²) in [6.07, 6.45) is 3.87. The van der Waals surface area contributed by atoms with Crippen LogP contribution in [0.5, 0.6) is 0 Å². The first-order chi connectivity index (χ1) is 5.42. The van der Waals surface area contributed by atoms with Crippen molar-refractivity contribution in [3.05, 3.63) is 24.5 Å². The third-order valence-corrected chi connectivity index (χ3v) is 1.45. The molecule has 0 aromatic carbocycles. The molecule has 2 aromatic heterocycles. The lowest BCUT2D eigenvalue weighted by atomic mass is 10.4. The Morgan fingerprint density at radius 2 is 2.45 bits per heavy atom. The Labute approximate surface area is 62.5 Å². The van der Waals surface area contributed by atoms with Gasteiger partial charge in [0.05, 0.1) is 6.20 Å². The first-order valence-corrected chi connectivity index (χ1v) is 3.15. The van der Waals surface area contributed by atoms with Crippen LogP contribution in [0.25, 0.3) is 11.0 Å². The smallest absolute Gasteiger partial charge is 0.236 e. The summed E-state index contributed by atoms with van der Waals surface area (Å²) in [5.74, 6) is 0. The van der Waals surface area contributed by atoms with E-state index in [9.17, 15) is 4.79 Å². The molecule has 0 aliphatic heterocycles. The number of rotatable bonds is 1.